The zero-order valence-electron chi connectivity index (χ0n) is 82.0. The summed E-state index contributed by atoms with van der Waals surface area (Å²) in [6, 6.07) is 34.3. The molecule has 738 valence electrons. The first-order valence-electron chi connectivity index (χ1n) is 48.2. The lowest BCUT2D eigenvalue weighted by atomic mass is 9.86. The number of hydrogen-bond donors (Lipinski definition) is 8. The Morgan fingerprint density at radius 1 is 0.296 bits per heavy atom. The Morgan fingerprint density at radius 2 is 0.507 bits per heavy atom. The molecule has 0 bridgehead atoms. The maximum Gasteiger partial charge on any atom is 0.216 e. The predicted molar refractivity (Wildman–Crippen MR) is 554 cm³/mol. The van der Waals surface area contributed by atoms with E-state index in [9.17, 15) is 21.6 Å². The summed E-state index contributed by atoms with van der Waals surface area (Å²) in [5.41, 5.74) is 26.0. The zero-order chi connectivity index (χ0) is 99.1. The molecule has 4 fully saturated rings. The average molecular weight is 1950 g/mol. The van der Waals surface area contributed by atoms with Gasteiger partial charge in [0.15, 0.2) is 23.3 Å². The number of aromatic nitrogens is 24. The Hall–Kier alpha value is -14.7. The molecule has 0 spiro atoms. The fourth-order valence-electron chi connectivity index (χ4n) is 18.6. The Balaban J connectivity index is 0.000000130. The number of nitrogens with zero attached hydrogens (tertiary/aromatic N) is 24. The lowest BCUT2D eigenvalue weighted by molar-refractivity contribution is -0.119. The van der Waals surface area contributed by atoms with Crippen molar-refractivity contribution in [2.45, 2.75) is 140 Å². The molecule has 4 aliphatic rings. The molecular formula is C103H124N32O5S2. The number of carbonyl (C=O) groups excluding carboxylic acids is 1. The minimum Gasteiger partial charge on any atom is -0.367 e. The largest absolute Gasteiger partial charge is 0.367 e. The first-order valence-corrected chi connectivity index (χ1v) is 52.0. The van der Waals surface area contributed by atoms with Crippen molar-refractivity contribution in [1.82, 2.24) is 133 Å². The third-order valence-electron chi connectivity index (χ3n) is 26.4. The van der Waals surface area contributed by atoms with E-state index < -0.39 is 20.0 Å². The van der Waals surface area contributed by atoms with Crippen molar-refractivity contribution in [3.05, 3.63) is 221 Å². The molecule has 37 nitrogen and oxygen atoms in total. The van der Waals surface area contributed by atoms with Gasteiger partial charge in [0.1, 0.15) is 23.3 Å². The van der Waals surface area contributed by atoms with Crippen LogP contribution < -0.4 is 41.8 Å². The quantitative estimate of drug-likeness (QED) is 0.0226. The highest BCUT2D eigenvalue weighted by atomic mass is 32.2. The van der Waals surface area contributed by atoms with Crippen molar-refractivity contribution < 1.29 is 21.6 Å². The van der Waals surface area contributed by atoms with Crippen molar-refractivity contribution in [2.24, 2.45) is 79.9 Å². The molecule has 0 atom stereocenters. The molecule has 0 saturated heterocycles. The fourth-order valence-corrected chi connectivity index (χ4v) is 19.7. The second-order valence-electron chi connectivity index (χ2n) is 37.9. The molecule has 4 aliphatic carbocycles. The van der Waals surface area contributed by atoms with E-state index in [0.29, 0.717) is 72.3 Å². The molecule has 16 aromatic rings. The number of nitrogens with two attached hydrogens (primary N) is 1. The van der Waals surface area contributed by atoms with Crippen LogP contribution in [0.5, 0.6) is 0 Å². The summed E-state index contributed by atoms with van der Waals surface area (Å²) in [7, 11) is 8.92. The molecule has 12 aromatic heterocycles. The summed E-state index contributed by atoms with van der Waals surface area (Å²) in [5, 5.41) is 52.2. The van der Waals surface area contributed by atoms with Crippen LogP contribution in [-0.2, 0) is 81.2 Å². The number of nitrogens with one attached hydrogen (secondary N) is 7. The Morgan fingerprint density at radius 3 is 0.718 bits per heavy atom. The Bertz CT molecular complexity index is 7010. The second kappa shape index (κ2) is 44.9. The van der Waals surface area contributed by atoms with Gasteiger partial charge < -0.3 is 32.3 Å². The summed E-state index contributed by atoms with van der Waals surface area (Å²) in [6.45, 7) is 3.33. The van der Waals surface area contributed by atoms with Crippen molar-refractivity contribution in [1.29, 1.82) is 0 Å². The van der Waals surface area contributed by atoms with Crippen LogP contribution in [0.3, 0.4) is 0 Å². The third kappa shape index (κ3) is 26.5. The summed E-state index contributed by atoms with van der Waals surface area (Å²) >= 11 is 0. The number of benzene rings is 4. The highest BCUT2D eigenvalue weighted by molar-refractivity contribution is 7.89. The standard InChI is InChI=1S/C27H32N8O.2C26H32N8O2S.C24H28N8/c1-18(36)28-12-19-7-9-24(10-8-19)32-27-25(23-14-31-35(3)17-23)15-29-26(33-27)21-6-4-5-20(11-21)22-13-30-34(2)16-22;2*1-33-16-21(13-28-33)19-5-4-6-20(11-19)25-27-15-24(22-14-29-34(2)17-22)26(32-25)31-23-9-7-18(8-10-23)12-30-37(3,35)36;1-31-14-18(11-27-31)16-4-3-5-17(10-16)23-26-13-22(19-12-28-32(2)15-19)24(30-23)29-21-8-6-20(25)7-9-21/h4-6,11,13-17,19,24H,7-10,12H2,1-3H3,(H,28,36)(H,29,32,33);2*4-6,11,13-18,23,30H,7-10,12H2,1-3H3,(H,27,31,32);3-5,10-15,20-21H,6-9,25H2,1-2H3,(H,26,29,30). The van der Waals surface area contributed by atoms with Gasteiger partial charge in [-0.05, 0) is 167 Å². The van der Waals surface area contributed by atoms with Crippen LogP contribution in [0.15, 0.2) is 221 Å². The number of rotatable bonds is 28. The molecular weight excluding hydrogens is 1830 g/mol. The molecule has 39 heteroatoms. The number of aryl methyl sites for hydroxylation is 8. The Labute approximate surface area is 827 Å². The van der Waals surface area contributed by atoms with E-state index in [1.54, 1.807) is 44.4 Å². The molecule has 4 saturated carbocycles. The summed E-state index contributed by atoms with van der Waals surface area (Å²) in [6.07, 6.45) is 56.5. The first kappa shape index (κ1) is 98.9. The Kier molecular flexibility index (Phi) is 31.2. The van der Waals surface area contributed by atoms with E-state index in [1.165, 1.54) is 12.5 Å². The third-order valence-corrected chi connectivity index (χ3v) is 27.8. The fraction of sp³-hybridized carbons (Fsp3) is 0.369. The van der Waals surface area contributed by atoms with Gasteiger partial charge in [-0.1, -0.05) is 72.8 Å². The van der Waals surface area contributed by atoms with Crippen LogP contribution in [0.1, 0.15) is 110 Å². The molecule has 20 rings (SSSR count). The van der Waals surface area contributed by atoms with Gasteiger partial charge >= 0.3 is 0 Å². The molecule has 0 radical (unpaired) electrons. The molecule has 4 aromatic carbocycles. The molecule has 12 heterocycles. The maximum atomic E-state index is 11.5. The minimum atomic E-state index is -3.17. The molecule has 0 aliphatic heterocycles. The number of carbonyl (C=O) groups is 1. The maximum absolute atomic E-state index is 11.5. The number of hydrogen-bond acceptors (Lipinski definition) is 26. The first-order chi connectivity index (χ1) is 68.5. The van der Waals surface area contributed by atoms with Gasteiger partial charge in [-0.25, -0.2) is 66.2 Å². The number of anilines is 4. The molecule has 1 amide bonds. The van der Waals surface area contributed by atoms with Gasteiger partial charge in [0.25, 0.3) is 0 Å². The van der Waals surface area contributed by atoms with Gasteiger partial charge in [0.05, 0.1) is 62.1 Å². The van der Waals surface area contributed by atoms with Gasteiger partial charge in [-0.2, -0.15) is 40.8 Å². The molecule has 0 unspecified atom stereocenters. The predicted octanol–water partition coefficient (Wildman–Crippen LogP) is 14.6. The van der Waals surface area contributed by atoms with E-state index in [4.69, 9.17) is 45.6 Å². The second-order valence-corrected chi connectivity index (χ2v) is 41.6. The van der Waals surface area contributed by atoms with E-state index in [-0.39, 0.29) is 18.0 Å². The van der Waals surface area contributed by atoms with Crippen molar-refractivity contribution in [2.75, 3.05) is 53.4 Å². The average Bonchev–Trinajstić information content (AvgIpc) is 1.45. The minimum absolute atomic E-state index is 0.0393. The van der Waals surface area contributed by atoms with E-state index in [0.717, 1.165) is 244 Å². The lowest BCUT2D eigenvalue weighted by Crippen LogP contribution is -2.33. The lowest BCUT2D eigenvalue weighted by Gasteiger charge is -2.30. The van der Waals surface area contributed by atoms with Crippen LogP contribution in [0, 0.1) is 17.8 Å². The van der Waals surface area contributed by atoms with Crippen LogP contribution in [0.4, 0.5) is 23.3 Å². The van der Waals surface area contributed by atoms with Gasteiger partial charge in [-0.3, -0.25) is 42.2 Å². The summed E-state index contributed by atoms with van der Waals surface area (Å²) in [5.74, 6) is 7.15. The monoisotopic (exact) mass is 1950 g/mol. The van der Waals surface area contributed by atoms with Crippen LogP contribution in [-0.4, -0.2) is 203 Å². The smallest absolute Gasteiger partial charge is 0.216 e. The van der Waals surface area contributed by atoms with Gasteiger partial charge in [-0.15, -0.1) is 0 Å². The van der Waals surface area contributed by atoms with Crippen molar-refractivity contribution >= 4 is 49.2 Å². The summed E-state index contributed by atoms with van der Waals surface area (Å²) < 4.78 is 65.4. The van der Waals surface area contributed by atoms with Crippen LogP contribution >= 0.6 is 0 Å². The van der Waals surface area contributed by atoms with E-state index in [1.807, 2.05) is 229 Å². The zero-order valence-corrected chi connectivity index (χ0v) is 83.6. The molecule has 9 N–H and O–H groups in total. The van der Waals surface area contributed by atoms with Crippen LogP contribution in [0.25, 0.3) is 135 Å². The number of sulfonamides is 2. The van der Waals surface area contributed by atoms with Gasteiger partial charge in [0, 0.05) is 277 Å². The van der Waals surface area contributed by atoms with E-state index >= 15 is 0 Å². The molecule has 142 heavy (non-hydrogen) atoms. The van der Waals surface area contributed by atoms with Gasteiger partial charge in [0.2, 0.25) is 26.0 Å². The highest BCUT2D eigenvalue weighted by Crippen LogP contribution is 2.40. The highest BCUT2D eigenvalue weighted by Gasteiger charge is 2.30. The van der Waals surface area contributed by atoms with E-state index in [2.05, 4.69) is 125 Å². The normalized spacial score (nSPS) is 18.1. The number of amides is 1. The topological polar surface area (TPSA) is 441 Å². The SMILES string of the molecule is CC(=O)NCC1CCC(Nc2nc(-c3cccc(-c4cnn(C)c4)c3)ncc2-c2cnn(C)c2)CC1.Cn1cc(-c2cccc(-c3ncc(-c4cnn(C)c4)c(NC4CCC(CNS(C)(=O)=O)CC4)n3)c2)cn1.Cn1cc(-c2cccc(-c3ncc(-c4cnn(C)c4)c(NC4CCC(CNS(C)(=O)=O)CC4)n3)c2)cn1.Cn1cc(-c2cccc(-c3ncc(-c4cnn(C)c4)c(NC4CCC(N)CC4)n3)c2)cn1. The van der Waals surface area contributed by atoms with Crippen molar-refractivity contribution in [3.8, 4) is 135 Å². The van der Waals surface area contributed by atoms with Crippen molar-refractivity contribution in [3.63, 3.8) is 0 Å². The summed E-state index contributed by atoms with van der Waals surface area (Å²) in [4.78, 5) is 50.1. The van der Waals surface area contributed by atoms with Crippen LogP contribution in [0.2, 0.25) is 0 Å².